The first-order valence-corrected chi connectivity index (χ1v) is 5.58. The highest BCUT2D eigenvalue weighted by Gasteiger charge is 2.13. The molecule has 0 spiro atoms. The van der Waals surface area contributed by atoms with Gasteiger partial charge in [0.25, 0.3) is 0 Å². The van der Waals surface area contributed by atoms with Crippen molar-refractivity contribution in [2.75, 3.05) is 5.73 Å². The zero-order valence-corrected chi connectivity index (χ0v) is 9.89. The summed E-state index contributed by atoms with van der Waals surface area (Å²) < 4.78 is 15.4. The van der Waals surface area contributed by atoms with Gasteiger partial charge in [0.1, 0.15) is 5.69 Å². The third-order valence-electron chi connectivity index (χ3n) is 2.61. The fourth-order valence-electron chi connectivity index (χ4n) is 1.82. The quantitative estimate of drug-likeness (QED) is 0.734. The molecule has 0 aliphatic rings. The molecule has 0 radical (unpaired) electrons. The zero-order chi connectivity index (χ0) is 12.7. The number of fused-ring (bicyclic) bond motifs is 1. The van der Waals surface area contributed by atoms with Crippen LogP contribution in [0.2, 0.25) is 5.02 Å². The van der Waals surface area contributed by atoms with E-state index < -0.39 is 0 Å². The minimum absolute atomic E-state index is 0.0910. The maximum atomic E-state index is 14.0. The molecule has 0 atom stereocenters. The third-order valence-corrected chi connectivity index (χ3v) is 2.86. The van der Waals surface area contributed by atoms with Gasteiger partial charge >= 0.3 is 0 Å². The largest absolute Gasteiger partial charge is 0.367 e. The SMILES string of the molecule is Nc1ncc2cc(F)c(-c3ccc(Cl)cc3)n2n1. The number of hydrogen-bond acceptors (Lipinski definition) is 3. The average molecular weight is 263 g/mol. The second-order valence-electron chi connectivity index (χ2n) is 3.80. The lowest BCUT2D eigenvalue weighted by atomic mass is 10.1. The predicted octanol–water partition coefficient (Wildman–Crippen LogP) is 2.77. The van der Waals surface area contributed by atoms with Crippen LogP contribution in [0.15, 0.2) is 36.5 Å². The second-order valence-corrected chi connectivity index (χ2v) is 4.24. The number of halogens is 2. The van der Waals surface area contributed by atoms with Crippen LogP contribution in [0, 0.1) is 5.82 Å². The van der Waals surface area contributed by atoms with Crippen molar-refractivity contribution < 1.29 is 4.39 Å². The van der Waals surface area contributed by atoms with Gasteiger partial charge < -0.3 is 5.73 Å². The van der Waals surface area contributed by atoms with Gasteiger partial charge in [-0.2, -0.15) is 0 Å². The van der Waals surface area contributed by atoms with Crippen molar-refractivity contribution in [1.82, 2.24) is 14.6 Å². The van der Waals surface area contributed by atoms with Crippen LogP contribution in [0.3, 0.4) is 0 Å². The van der Waals surface area contributed by atoms with Gasteiger partial charge in [-0.1, -0.05) is 23.7 Å². The van der Waals surface area contributed by atoms with E-state index >= 15 is 0 Å². The highest BCUT2D eigenvalue weighted by molar-refractivity contribution is 6.30. The summed E-state index contributed by atoms with van der Waals surface area (Å²) >= 11 is 5.81. The Morgan fingerprint density at radius 2 is 1.94 bits per heavy atom. The van der Waals surface area contributed by atoms with Crippen LogP contribution < -0.4 is 5.73 Å². The zero-order valence-electron chi connectivity index (χ0n) is 9.14. The Morgan fingerprint density at radius 1 is 1.22 bits per heavy atom. The molecular formula is C12H8ClFN4. The standard InChI is InChI=1S/C12H8ClFN4/c13-8-3-1-7(2-4-8)11-10(14)5-9-6-16-12(15)17-18(9)11/h1-6H,(H2,15,17). The molecule has 90 valence electrons. The summed E-state index contributed by atoms with van der Waals surface area (Å²) in [5, 5.41) is 4.60. The Kier molecular flexibility index (Phi) is 2.41. The van der Waals surface area contributed by atoms with Crippen LogP contribution >= 0.6 is 11.6 Å². The second kappa shape index (κ2) is 3.96. The maximum absolute atomic E-state index is 14.0. The highest BCUT2D eigenvalue weighted by Crippen LogP contribution is 2.26. The monoisotopic (exact) mass is 262 g/mol. The van der Waals surface area contributed by atoms with E-state index in [1.807, 2.05) is 0 Å². The lowest BCUT2D eigenvalue weighted by molar-refractivity contribution is 0.630. The molecule has 3 aromatic rings. The minimum atomic E-state index is -0.378. The van der Waals surface area contributed by atoms with Crippen molar-refractivity contribution in [3.8, 4) is 11.3 Å². The Labute approximate surface area is 107 Å². The number of hydrogen-bond donors (Lipinski definition) is 1. The molecule has 18 heavy (non-hydrogen) atoms. The van der Waals surface area contributed by atoms with Gasteiger partial charge in [0.2, 0.25) is 5.95 Å². The summed E-state index contributed by atoms with van der Waals surface area (Å²) in [6.45, 7) is 0. The number of nitrogens with two attached hydrogens (primary N) is 1. The molecule has 6 heteroatoms. The van der Waals surface area contributed by atoms with E-state index in [0.717, 1.165) is 0 Å². The number of benzene rings is 1. The van der Waals surface area contributed by atoms with Crippen LogP contribution in [0.1, 0.15) is 0 Å². The molecule has 0 fully saturated rings. The molecule has 0 aliphatic carbocycles. The number of aromatic nitrogens is 3. The summed E-state index contributed by atoms with van der Waals surface area (Å²) in [5.74, 6) is -0.287. The van der Waals surface area contributed by atoms with Gasteiger partial charge in [0.05, 0.1) is 11.7 Å². The molecule has 0 unspecified atom stereocenters. The van der Waals surface area contributed by atoms with E-state index in [1.54, 1.807) is 24.3 Å². The fraction of sp³-hybridized carbons (Fsp3) is 0. The molecule has 2 heterocycles. The summed E-state index contributed by atoms with van der Waals surface area (Å²) in [7, 11) is 0. The van der Waals surface area contributed by atoms with Crippen LogP contribution in [-0.2, 0) is 0 Å². The molecule has 0 aliphatic heterocycles. The summed E-state index contributed by atoms with van der Waals surface area (Å²) in [5.41, 5.74) is 7.08. The van der Waals surface area contributed by atoms with Gasteiger partial charge in [-0.3, -0.25) is 0 Å². The van der Waals surface area contributed by atoms with E-state index in [2.05, 4.69) is 10.1 Å². The van der Waals surface area contributed by atoms with Gasteiger partial charge in [-0.15, -0.1) is 5.10 Å². The molecule has 0 saturated heterocycles. The molecule has 4 nitrogen and oxygen atoms in total. The van der Waals surface area contributed by atoms with Crippen LogP contribution in [-0.4, -0.2) is 14.6 Å². The molecular weight excluding hydrogens is 255 g/mol. The van der Waals surface area contributed by atoms with Crippen molar-refractivity contribution in [3.05, 3.63) is 47.4 Å². The third kappa shape index (κ3) is 1.69. The molecule has 0 bridgehead atoms. The summed E-state index contributed by atoms with van der Waals surface area (Å²) in [4.78, 5) is 3.83. The Balaban J connectivity index is 2.30. The van der Waals surface area contributed by atoms with Crippen molar-refractivity contribution in [2.24, 2.45) is 0 Å². The van der Waals surface area contributed by atoms with Crippen molar-refractivity contribution in [2.45, 2.75) is 0 Å². The molecule has 1 aromatic carbocycles. The lowest BCUT2D eigenvalue weighted by Gasteiger charge is -2.03. The van der Waals surface area contributed by atoms with E-state index in [0.29, 0.717) is 21.8 Å². The first kappa shape index (κ1) is 11.0. The highest BCUT2D eigenvalue weighted by atomic mass is 35.5. The number of rotatable bonds is 1. The van der Waals surface area contributed by atoms with E-state index in [9.17, 15) is 4.39 Å². The van der Waals surface area contributed by atoms with Gasteiger partial charge in [-0.05, 0) is 12.1 Å². The van der Waals surface area contributed by atoms with Crippen molar-refractivity contribution in [3.63, 3.8) is 0 Å². The molecule has 0 saturated carbocycles. The number of nitrogen functional groups attached to an aromatic ring is 1. The predicted molar refractivity (Wildman–Crippen MR) is 67.8 cm³/mol. The van der Waals surface area contributed by atoms with Gasteiger partial charge in [0.15, 0.2) is 5.82 Å². The van der Waals surface area contributed by atoms with Crippen molar-refractivity contribution >= 4 is 23.1 Å². The smallest absolute Gasteiger partial charge is 0.238 e. The normalized spacial score (nSPS) is 11.0. The molecule has 3 rings (SSSR count). The van der Waals surface area contributed by atoms with Crippen LogP contribution in [0.4, 0.5) is 10.3 Å². The minimum Gasteiger partial charge on any atom is -0.367 e. The van der Waals surface area contributed by atoms with Gasteiger partial charge in [0, 0.05) is 16.7 Å². The average Bonchev–Trinajstić information content (AvgIpc) is 2.66. The van der Waals surface area contributed by atoms with E-state index in [4.69, 9.17) is 17.3 Å². The van der Waals surface area contributed by atoms with Crippen LogP contribution in [0.25, 0.3) is 16.8 Å². The van der Waals surface area contributed by atoms with Crippen LogP contribution in [0.5, 0.6) is 0 Å². The first-order chi connectivity index (χ1) is 8.65. The molecule has 0 amide bonds. The first-order valence-electron chi connectivity index (χ1n) is 5.21. The molecule has 2 aromatic heterocycles. The Morgan fingerprint density at radius 3 is 2.67 bits per heavy atom. The summed E-state index contributed by atoms with van der Waals surface area (Å²) in [6, 6.07) is 8.21. The van der Waals surface area contributed by atoms with E-state index in [1.165, 1.54) is 16.8 Å². The molecule has 2 N–H and O–H groups in total. The van der Waals surface area contributed by atoms with E-state index in [-0.39, 0.29) is 11.8 Å². The maximum Gasteiger partial charge on any atom is 0.238 e. The van der Waals surface area contributed by atoms with Gasteiger partial charge in [-0.25, -0.2) is 13.9 Å². The van der Waals surface area contributed by atoms with Crippen molar-refractivity contribution in [1.29, 1.82) is 0 Å². The Bertz CT molecular complexity index is 721. The summed E-state index contributed by atoms with van der Waals surface area (Å²) in [6.07, 6.45) is 1.48. The topological polar surface area (TPSA) is 56.2 Å². The number of anilines is 1. The lowest BCUT2D eigenvalue weighted by Crippen LogP contribution is -2.01. The Hall–Kier alpha value is -2.14. The number of nitrogens with zero attached hydrogens (tertiary/aromatic N) is 3. The fourth-order valence-corrected chi connectivity index (χ4v) is 1.94.